The minimum absolute atomic E-state index is 0.0953. The lowest BCUT2D eigenvalue weighted by Crippen LogP contribution is -2.48. The number of carbonyl (C=O) groups is 1. The highest BCUT2D eigenvalue weighted by Crippen LogP contribution is 2.26. The Morgan fingerprint density at radius 1 is 1.16 bits per heavy atom. The molecule has 0 bridgehead atoms. The highest BCUT2D eigenvalue weighted by molar-refractivity contribution is 5.95. The molecule has 0 spiro atoms. The van der Waals surface area contributed by atoms with E-state index in [4.69, 9.17) is 4.74 Å². The second-order valence-electron chi connectivity index (χ2n) is 9.41. The Kier molecular flexibility index (Phi) is 6.72. The highest BCUT2D eigenvalue weighted by Gasteiger charge is 2.30. The minimum Gasteiger partial charge on any atom is -0.373 e. The third kappa shape index (κ3) is 4.99. The average molecular weight is 426 g/mol. The van der Waals surface area contributed by atoms with Gasteiger partial charge in [0.2, 0.25) is 0 Å². The summed E-state index contributed by atoms with van der Waals surface area (Å²) in [4.78, 5) is 22.3. The van der Waals surface area contributed by atoms with Crippen LogP contribution >= 0.6 is 0 Å². The molecule has 0 radical (unpaired) electrons. The van der Waals surface area contributed by atoms with Crippen LogP contribution < -0.4 is 0 Å². The van der Waals surface area contributed by atoms with Crippen LogP contribution in [0.4, 0.5) is 0 Å². The number of likely N-dealkylation sites (tertiary alicyclic amines) is 1. The molecule has 0 aliphatic carbocycles. The number of carbonyl (C=O) groups excluding carboxylic acids is 1. The zero-order valence-corrected chi connectivity index (χ0v) is 19.2. The van der Waals surface area contributed by atoms with Gasteiger partial charge in [-0.15, -0.1) is 0 Å². The van der Waals surface area contributed by atoms with Gasteiger partial charge >= 0.3 is 0 Å². The molecule has 0 saturated carbocycles. The van der Waals surface area contributed by atoms with Crippen molar-refractivity contribution in [3.05, 3.63) is 41.9 Å². The monoisotopic (exact) mass is 425 g/mol. The van der Waals surface area contributed by atoms with Crippen LogP contribution in [-0.4, -0.2) is 75.4 Å². The number of rotatable bonds is 5. The first-order chi connectivity index (χ1) is 14.9. The Labute approximate surface area is 185 Å². The Balaban J connectivity index is 1.40. The first-order valence-corrected chi connectivity index (χ1v) is 11.6. The van der Waals surface area contributed by atoms with E-state index in [0.29, 0.717) is 23.7 Å². The first kappa shape index (κ1) is 22.0. The molecule has 2 aromatic rings. The van der Waals surface area contributed by atoms with Crippen molar-refractivity contribution in [2.75, 3.05) is 32.7 Å². The summed E-state index contributed by atoms with van der Waals surface area (Å²) in [6.45, 7) is 13.3. The summed E-state index contributed by atoms with van der Waals surface area (Å²) in [6.07, 6.45) is 6.18. The number of amides is 1. The number of ether oxygens (including phenoxy) is 1. The number of piperidine rings is 1. The summed E-state index contributed by atoms with van der Waals surface area (Å²) in [5.74, 6) is 1.66. The van der Waals surface area contributed by atoms with E-state index in [9.17, 15) is 4.79 Å². The fraction of sp³-hybridized carbons (Fsp3) is 0.625. The van der Waals surface area contributed by atoms with E-state index in [0.717, 1.165) is 57.1 Å². The number of hydrogen-bond donors (Lipinski definition) is 0. The van der Waals surface area contributed by atoms with Crippen LogP contribution in [0.25, 0.3) is 5.82 Å². The molecule has 2 saturated heterocycles. The van der Waals surface area contributed by atoms with Gasteiger partial charge in [0, 0.05) is 38.9 Å². The van der Waals surface area contributed by atoms with Crippen molar-refractivity contribution in [1.82, 2.24) is 24.6 Å². The van der Waals surface area contributed by atoms with Crippen LogP contribution in [0.5, 0.6) is 0 Å². The molecule has 2 aromatic heterocycles. The molecule has 2 aliphatic heterocycles. The lowest BCUT2D eigenvalue weighted by molar-refractivity contribution is -0.0728. The van der Waals surface area contributed by atoms with Crippen LogP contribution in [-0.2, 0) is 4.74 Å². The molecule has 4 rings (SSSR count). The molecule has 4 heterocycles. The first-order valence-electron chi connectivity index (χ1n) is 11.6. The van der Waals surface area contributed by atoms with Crippen molar-refractivity contribution in [2.24, 2.45) is 5.92 Å². The Morgan fingerprint density at radius 3 is 2.48 bits per heavy atom. The van der Waals surface area contributed by atoms with E-state index >= 15 is 0 Å². The second kappa shape index (κ2) is 9.49. The van der Waals surface area contributed by atoms with Gasteiger partial charge in [-0.25, -0.2) is 9.67 Å². The lowest BCUT2D eigenvalue weighted by Gasteiger charge is -2.39. The molecule has 31 heavy (non-hydrogen) atoms. The predicted molar refractivity (Wildman–Crippen MR) is 121 cm³/mol. The number of hydrogen-bond acceptors (Lipinski definition) is 5. The summed E-state index contributed by atoms with van der Waals surface area (Å²) >= 11 is 0. The Hall–Kier alpha value is -2.25. The normalized spacial score (nSPS) is 23.5. The quantitative estimate of drug-likeness (QED) is 0.735. The summed E-state index contributed by atoms with van der Waals surface area (Å²) < 4.78 is 7.67. The molecule has 2 unspecified atom stereocenters. The largest absolute Gasteiger partial charge is 0.373 e. The fourth-order valence-corrected chi connectivity index (χ4v) is 5.03. The highest BCUT2D eigenvalue weighted by atomic mass is 16.5. The van der Waals surface area contributed by atoms with Crippen LogP contribution in [0, 0.1) is 5.92 Å². The third-order valence-electron chi connectivity index (χ3n) is 6.36. The van der Waals surface area contributed by atoms with Gasteiger partial charge < -0.3 is 9.64 Å². The number of nitrogens with zero attached hydrogens (tertiary/aromatic N) is 5. The maximum absolute atomic E-state index is 13.4. The van der Waals surface area contributed by atoms with Gasteiger partial charge in [-0.2, -0.15) is 5.10 Å². The van der Waals surface area contributed by atoms with Crippen molar-refractivity contribution in [3.8, 4) is 5.82 Å². The second-order valence-corrected chi connectivity index (χ2v) is 9.41. The molecule has 168 valence electrons. The van der Waals surface area contributed by atoms with Gasteiger partial charge in [-0.1, -0.05) is 19.9 Å². The summed E-state index contributed by atoms with van der Waals surface area (Å²) in [5, 5.41) is 4.52. The van der Waals surface area contributed by atoms with E-state index in [-0.39, 0.29) is 11.8 Å². The van der Waals surface area contributed by atoms with E-state index in [1.54, 1.807) is 12.4 Å². The van der Waals surface area contributed by atoms with Gasteiger partial charge in [0.25, 0.3) is 5.91 Å². The van der Waals surface area contributed by atoms with E-state index in [1.165, 1.54) is 0 Å². The van der Waals surface area contributed by atoms with Gasteiger partial charge in [-0.05, 0) is 50.7 Å². The van der Waals surface area contributed by atoms with Crippen LogP contribution in [0.1, 0.15) is 62.5 Å². The fourth-order valence-electron chi connectivity index (χ4n) is 5.03. The summed E-state index contributed by atoms with van der Waals surface area (Å²) in [7, 11) is 0. The topological polar surface area (TPSA) is 63.5 Å². The number of pyridine rings is 1. The molecule has 1 amide bonds. The molecule has 0 N–H and O–H groups in total. The van der Waals surface area contributed by atoms with E-state index < -0.39 is 0 Å². The van der Waals surface area contributed by atoms with Gasteiger partial charge in [0.1, 0.15) is 0 Å². The van der Waals surface area contributed by atoms with Crippen LogP contribution in [0.2, 0.25) is 0 Å². The van der Waals surface area contributed by atoms with E-state index in [2.05, 4.69) is 42.7 Å². The smallest absolute Gasteiger partial charge is 0.257 e. The van der Waals surface area contributed by atoms with Gasteiger partial charge in [0.05, 0.1) is 29.7 Å². The van der Waals surface area contributed by atoms with Crippen molar-refractivity contribution in [3.63, 3.8) is 0 Å². The summed E-state index contributed by atoms with van der Waals surface area (Å²) in [6, 6.07) is 5.75. The molecule has 7 nitrogen and oxygen atoms in total. The Bertz CT molecular complexity index is 863. The molecule has 0 aromatic carbocycles. The van der Waals surface area contributed by atoms with Crippen molar-refractivity contribution < 1.29 is 9.53 Å². The van der Waals surface area contributed by atoms with Gasteiger partial charge in [-0.3, -0.25) is 9.69 Å². The SMILES string of the molecule is CC1CN(CC2CCN(C(=O)c3cnn(-c4ccccn4)c3C(C)C)CC2)CC(C)O1. The third-order valence-corrected chi connectivity index (χ3v) is 6.36. The van der Waals surface area contributed by atoms with Crippen LogP contribution in [0.3, 0.4) is 0 Å². The summed E-state index contributed by atoms with van der Waals surface area (Å²) in [5.41, 5.74) is 1.64. The molecular formula is C24H35N5O2. The van der Waals surface area contributed by atoms with Crippen molar-refractivity contribution in [1.29, 1.82) is 0 Å². The molecular weight excluding hydrogens is 390 g/mol. The van der Waals surface area contributed by atoms with Gasteiger partial charge in [0.15, 0.2) is 5.82 Å². The maximum Gasteiger partial charge on any atom is 0.257 e. The van der Waals surface area contributed by atoms with Crippen molar-refractivity contribution in [2.45, 2.75) is 58.7 Å². The average Bonchev–Trinajstić information content (AvgIpc) is 3.19. The predicted octanol–water partition coefficient (Wildman–Crippen LogP) is 3.35. The standard InChI is InChI=1S/C24H35N5O2/c1-17(2)23-21(13-26-29(23)22-7-5-6-10-25-22)24(30)28-11-8-20(9-12-28)16-27-14-18(3)31-19(4)15-27/h5-7,10,13,17-20H,8-9,11-12,14-16H2,1-4H3. The molecule has 7 heteroatoms. The zero-order valence-electron chi connectivity index (χ0n) is 19.2. The Morgan fingerprint density at radius 2 is 1.87 bits per heavy atom. The van der Waals surface area contributed by atoms with Crippen LogP contribution in [0.15, 0.2) is 30.6 Å². The molecule has 2 aliphatic rings. The maximum atomic E-state index is 13.4. The zero-order chi connectivity index (χ0) is 22.0. The number of morpholine rings is 1. The lowest BCUT2D eigenvalue weighted by atomic mass is 9.94. The van der Waals surface area contributed by atoms with E-state index in [1.807, 2.05) is 27.8 Å². The number of aromatic nitrogens is 3. The van der Waals surface area contributed by atoms with Crippen molar-refractivity contribution >= 4 is 5.91 Å². The molecule has 2 fully saturated rings. The minimum atomic E-state index is 0.0953. The molecule has 2 atom stereocenters.